The van der Waals surface area contributed by atoms with Gasteiger partial charge in [0.2, 0.25) is 0 Å². The molecule has 1 heterocycles. The Morgan fingerprint density at radius 3 is 2.89 bits per heavy atom. The van der Waals surface area contributed by atoms with Gasteiger partial charge in [0.15, 0.2) is 0 Å². The van der Waals surface area contributed by atoms with Crippen molar-refractivity contribution in [2.75, 3.05) is 5.32 Å². The van der Waals surface area contributed by atoms with Gasteiger partial charge in [-0.1, -0.05) is 6.92 Å². The second-order valence-electron chi connectivity index (χ2n) is 4.24. The smallest absolute Gasteiger partial charge is 0.139 e. The number of halogens is 2. The van der Waals surface area contributed by atoms with Gasteiger partial charge in [-0.3, -0.25) is 0 Å². The van der Waals surface area contributed by atoms with Crippen molar-refractivity contribution in [1.82, 2.24) is 4.57 Å². The molecular formula is C14H16BrFN2. The number of hydrogen-bond donors (Lipinski definition) is 1. The van der Waals surface area contributed by atoms with Crippen LogP contribution in [0.1, 0.15) is 18.9 Å². The zero-order valence-electron chi connectivity index (χ0n) is 10.3. The van der Waals surface area contributed by atoms with Crippen LogP contribution in [0.2, 0.25) is 0 Å². The van der Waals surface area contributed by atoms with Gasteiger partial charge in [0, 0.05) is 31.2 Å². The van der Waals surface area contributed by atoms with E-state index in [4.69, 9.17) is 0 Å². The number of aryl methyl sites for hydroxylation is 1. The third-order valence-electron chi connectivity index (χ3n) is 2.71. The van der Waals surface area contributed by atoms with Gasteiger partial charge < -0.3 is 9.88 Å². The van der Waals surface area contributed by atoms with Gasteiger partial charge in [-0.15, -0.1) is 0 Å². The van der Waals surface area contributed by atoms with Gasteiger partial charge in [-0.25, -0.2) is 4.39 Å². The Kier molecular flexibility index (Phi) is 4.42. The summed E-state index contributed by atoms with van der Waals surface area (Å²) in [6.45, 7) is 3.90. The molecule has 0 aliphatic heterocycles. The van der Waals surface area contributed by atoms with Crippen LogP contribution in [-0.2, 0) is 13.1 Å². The van der Waals surface area contributed by atoms with Crippen molar-refractivity contribution in [2.24, 2.45) is 0 Å². The van der Waals surface area contributed by atoms with E-state index in [2.05, 4.69) is 51.2 Å². The molecule has 2 rings (SSSR count). The highest BCUT2D eigenvalue weighted by atomic mass is 79.9. The molecule has 4 heteroatoms. The summed E-state index contributed by atoms with van der Waals surface area (Å²) in [6.07, 6.45) is 5.31. The average molecular weight is 311 g/mol. The lowest BCUT2D eigenvalue weighted by Crippen LogP contribution is -1.99. The van der Waals surface area contributed by atoms with Gasteiger partial charge in [-0.05, 0) is 52.2 Å². The van der Waals surface area contributed by atoms with Gasteiger partial charge in [0.1, 0.15) is 5.82 Å². The minimum Gasteiger partial charge on any atom is -0.381 e. The second kappa shape index (κ2) is 6.05. The second-order valence-corrected chi connectivity index (χ2v) is 5.09. The zero-order valence-corrected chi connectivity index (χ0v) is 11.9. The maximum atomic E-state index is 13.3. The molecule has 18 heavy (non-hydrogen) atoms. The average Bonchev–Trinajstić information content (AvgIpc) is 2.79. The highest BCUT2D eigenvalue weighted by Gasteiger charge is 2.01. The highest BCUT2D eigenvalue weighted by Crippen LogP contribution is 2.19. The molecule has 0 atom stereocenters. The fourth-order valence-electron chi connectivity index (χ4n) is 1.80. The van der Waals surface area contributed by atoms with E-state index >= 15 is 0 Å². The van der Waals surface area contributed by atoms with E-state index in [1.54, 1.807) is 6.07 Å². The third-order valence-corrected chi connectivity index (χ3v) is 3.35. The Balaban J connectivity index is 1.95. The van der Waals surface area contributed by atoms with E-state index in [0.717, 1.165) is 18.7 Å². The number of hydrogen-bond acceptors (Lipinski definition) is 1. The van der Waals surface area contributed by atoms with Crippen molar-refractivity contribution in [1.29, 1.82) is 0 Å². The lowest BCUT2D eigenvalue weighted by Gasteiger charge is -2.06. The molecule has 0 saturated carbocycles. The van der Waals surface area contributed by atoms with E-state index < -0.39 is 0 Å². The van der Waals surface area contributed by atoms with Crippen molar-refractivity contribution in [3.05, 3.63) is 52.5 Å². The lowest BCUT2D eigenvalue weighted by atomic mass is 10.3. The normalized spacial score (nSPS) is 10.6. The first-order valence-electron chi connectivity index (χ1n) is 6.02. The molecule has 0 bridgehead atoms. The Hall–Kier alpha value is -1.29. The molecule has 2 aromatic rings. The third kappa shape index (κ3) is 3.35. The Labute approximate surface area is 115 Å². The lowest BCUT2D eigenvalue weighted by molar-refractivity contribution is 0.621. The first-order valence-corrected chi connectivity index (χ1v) is 6.82. The summed E-state index contributed by atoms with van der Waals surface area (Å²) in [5.74, 6) is -0.247. The van der Waals surface area contributed by atoms with Crippen LogP contribution in [-0.4, -0.2) is 4.57 Å². The number of nitrogens with one attached hydrogen (secondary N) is 1. The van der Waals surface area contributed by atoms with E-state index in [-0.39, 0.29) is 5.82 Å². The Morgan fingerprint density at radius 1 is 1.33 bits per heavy atom. The van der Waals surface area contributed by atoms with Gasteiger partial charge >= 0.3 is 0 Å². The number of benzene rings is 1. The monoisotopic (exact) mass is 310 g/mol. The summed E-state index contributed by atoms with van der Waals surface area (Å²) in [4.78, 5) is 0. The molecule has 1 N–H and O–H groups in total. The van der Waals surface area contributed by atoms with E-state index in [0.29, 0.717) is 11.0 Å². The summed E-state index contributed by atoms with van der Waals surface area (Å²) in [6, 6.07) is 7.14. The maximum Gasteiger partial charge on any atom is 0.139 e. The summed E-state index contributed by atoms with van der Waals surface area (Å²) < 4.78 is 16.0. The SMILES string of the molecule is CCCn1ccc(CNc2ccc(Br)c(F)c2)c1. The van der Waals surface area contributed by atoms with Crippen molar-refractivity contribution >= 4 is 21.6 Å². The van der Waals surface area contributed by atoms with E-state index in [1.165, 1.54) is 11.6 Å². The van der Waals surface area contributed by atoms with Crippen LogP contribution in [0, 0.1) is 5.82 Å². The van der Waals surface area contributed by atoms with Crippen LogP contribution in [0.25, 0.3) is 0 Å². The van der Waals surface area contributed by atoms with Crippen LogP contribution >= 0.6 is 15.9 Å². The standard InChI is InChI=1S/C14H16BrFN2/c1-2-6-18-7-5-11(10-18)9-17-12-3-4-13(15)14(16)8-12/h3-5,7-8,10,17H,2,6,9H2,1H3. The summed E-state index contributed by atoms with van der Waals surface area (Å²) in [5.41, 5.74) is 1.99. The van der Waals surface area contributed by atoms with Crippen molar-refractivity contribution in [3.8, 4) is 0 Å². The molecule has 0 aliphatic rings. The first-order chi connectivity index (χ1) is 8.69. The van der Waals surface area contributed by atoms with Gasteiger partial charge in [0.25, 0.3) is 0 Å². The molecule has 0 unspecified atom stereocenters. The van der Waals surface area contributed by atoms with Crippen molar-refractivity contribution in [3.63, 3.8) is 0 Å². The molecule has 1 aromatic carbocycles. The van der Waals surface area contributed by atoms with Crippen molar-refractivity contribution < 1.29 is 4.39 Å². The quantitative estimate of drug-likeness (QED) is 0.865. The highest BCUT2D eigenvalue weighted by molar-refractivity contribution is 9.10. The molecule has 96 valence electrons. The number of rotatable bonds is 5. The predicted octanol–water partition coefficient (Wildman–Crippen LogP) is 4.41. The summed E-state index contributed by atoms with van der Waals surface area (Å²) in [7, 11) is 0. The van der Waals surface area contributed by atoms with Crippen LogP contribution in [0.3, 0.4) is 0 Å². The van der Waals surface area contributed by atoms with Crippen molar-refractivity contribution in [2.45, 2.75) is 26.4 Å². The molecule has 1 aromatic heterocycles. The fourth-order valence-corrected chi connectivity index (χ4v) is 2.05. The number of aromatic nitrogens is 1. The van der Waals surface area contributed by atoms with Crippen LogP contribution in [0.4, 0.5) is 10.1 Å². The zero-order chi connectivity index (χ0) is 13.0. The molecular weight excluding hydrogens is 295 g/mol. The van der Waals surface area contributed by atoms with Crippen LogP contribution in [0.15, 0.2) is 41.1 Å². The summed E-state index contributed by atoms with van der Waals surface area (Å²) in [5, 5.41) is 3.21. The fraction of sp³-hybridized carbons (Fsp3) is 0.286. The molecule has 0 radical (unpaired) electrons. The number of nitrogens with zero attached hydrogens (tertiary/aromatic N) is 1. The van der Waals surface area contributed by atoms with E-state index in [9.17, 15) is 4.39 Å². The minimum absolute atomic E-state index is 0.247. The first kappa shape index (κ1) is 13.1. The topological polar surface area (TPSA) is 17.0 Å². The molecule has 0 saturated heterocycles. The summed E-state index contributed by atoms with van der Waals surface area (Å²) >= 11 is 3.14. The molecule has 0 amide bonds. The predicted molar refractivity (Wildman–Crippen MR) is 76.1 cm³/mol. The minimum atomic E-state index is -0.247. The van der Waals surface area contributed by atoms with E-state index in [1.807, 2.05) is 6.07 Å². The number of anilines is 1. The molecule has 0 fully saturated rings. The van der Waals surface area contributed by atoms with Gasteiger partial charge in [-0.2, -0.15) is 0 Å². The van der Waals surface area contributed by atoms with Crippen LogP contribution < -0.4 is 5.32 Å². The molecule has 2 nitrogen and oxygen atoms in total. The molecule has 0 aliphatic carbocycles. The Morgan fingerprint density at radius 2 is 2.17 bits per heavy atom. The Bertz CT molecular complexity index is 522. The molecule has 0 spiro atoms. The maximum absolute atomic E-state index is 13.3. The van der Waals surface area contributed by atoms with Crippen LogP contribution in [0.5, 0.6) is 0 Å². The largest absolute Gasteiger partial charge is 0.381 e. The van der Waals surface area contributed by atoms with Gasteiger partial charge in [0.05, 0.1) is 4.47 Å².